The number of hydrogen-bond acceptors (Lipinski definition) is 7. The first-order valence-corrected chi connectivity index (χ1v) is 9.67. The van der Waals surface area contributed by atoms with Crippen molar-refractivity contribution in [2.75, 3.05) is 18.7 Å². The first kappa shape index (κ1) is 17.7. The molecule has 2 aromatic rings. The average Bonchev–Trinajstić information content (AvgIpc) is 3.21. The van der Waals surface area contributed by atoms with Crippen LogP contribution < -0.4 is 14.8 Å². The summed E-state index contributed by atoms with van der Waals surface area (Å²) in [6.45, 7) is 4.06. The van der Waals surface area contributed by atoms with Crippen molar-refractivity contribution in [1.29, 1.82) is 0 Å². The lowest BCUT2D eigenvalue weighted by molar-refractivity contribution is -0.137. The van der Waals surface area contributed by atoms with Crippen molar-refractivity contribution in [1.82, 2.24) is 15.1 Å². The monoisotopic (exact) mass is 388 g/mol. The zero-order valence-electron chi connectivity index (χ0n) is 15.1. The third-order valence-electron chi connectivity index (χ3n) is 4.44. The minimum Gasteiger partial charge on any atom is -0.454 e. The number of aromatic nitrogens is 2. The van der Waals surface area contributed by atoms with Crippen molar-refractivity contribution >= 4 is 28.3 Å². The van der Waals surface area contributed by atoms with E-state index < -0.39 is 0 Å². The van der Waals surface area contributed by atoms with Gasteiger partial charge in [0.25, 0.3) is 0 Å². The van der Waals surface area contributed by atoms with E-state index in [4.69, 9.17) is 9.47 Å². The Balaban J connectivity index is 1.41. The van der Waals surface area contributed by atoms with Crippen molar-refractivity contribution in [3.63, 3.8) is 0 Å². The molecule has 1 saturated carbocycles. The van der Waals surface area contributed by atoms with E-state index in [2.05, 4.69) is 15.5 Å². The molecule has 1 fully saturated rings. The summed E-state index contributed by atoms with van der Waals surface area (Å²) in [6.07, 6.45) is 1.83. The first-order valence-electron chi connectivity index (χ1n) is 8.85. The third-order valence-corrected chi connectivity index (χ3v) is 5.33. The summed E-state index contributed by atoms with van der Waals surface area (Å²) < 4.78 is 10.7. The van der Waals surface area contributed by atoms with Crippen LogP contribution in [-0.2, 0) is 9.59 Å². The Morgan fingerprint density at radius 2 is 2.04 bits per heavy atom. The average molecular weight is 388 g/mol. The molecule has 1 aliphatic carbocycles. The van der Waals surface area contributed by atoms with E-state index in [1.807, 2.05) is 32.0 Å². The molecule has 0 unspecified atom stereocenters. The molecule has 4 rings (SSSR count). The zero-order chi connectivity index (χ0) is 19.0. The molecule has 2 amide bonds. The Labute approximate surface area is 160 Å². The molecule has 1 aromatic heterocycles. The maximum Gasteiger partial charge on any atom is 0.245 e. The molecule has 2 heterocycles. The number of rotatable bonds is 6. The van der Waals surface area contributed by atoms with E-state index in [-0.39, 0.29) is 37.1 Å². The van der Waals surface area contributed by atoms with Gasteiger partial charge in [-0.05, 0) is 44.9 Å². The molecule has 1 aliphatic heterocycles. The van der Waals surface area contributed by atoms with Crippen molar-refractivity contribution in [3.8, 4) is 22.1 Å². The van der Waals surface area contributed by atoms with Gasteiger partial charge in [-0.15, -0.1) is 10.2 Å². The fraction of sp³-hybridized carbons (Fsp3) is 0.444. The molecule has 27 heavy (non-hydrogen) atoms. The van der Waals surface area contributed by atoms with Gasteiger partial charge in [0, 0.05) is 17.5 Å². The molecular weight excluding hydrogens is 368 g/mol. The summed E-state index contributed by atoms with van der Waals surface area (Å²) in [4.78, 5) is 26.3. The summed E-state index contributed by atoms with van der Waals surface area (Å²) in [6, 6.07) is 5.50. The molecule has 0 spiro atoms. The number of nitrogens with zero attached hydrogens (tertiary/aromatic N) is 3. The lowest BCUT2D eigenvalue weighted by Crippen LogP contribution is -2.43. The van der Waals surface area contributed by atoms with Gasteiger partial charge in [-0.25, -0.2) is 0 Å². The maximum atomic E-state index is 12.4. The van der Waals surface area contributed by atoms with Gasteiger partial charge in [0.1, 0.15) is 11.6 Å². The quantitative estimate of drug-likeness (QED) is 0.817. The summed E-state index contributed by atoms with van der Waals surface area (Å²) in [5.41, 5.74) is 0.838. The highest BCUT2D eigenvalue weighted by Crippen LogP contribution is 2.37. The number of benzene rings is 1. The Bertz CT molecular complexity index is 878. The molecule has 1 N–H and O–H groups in total. The second kappa shape index (κ2) is 7.15. The highest BCUT2D eigenvalue weighted by molar-refractivity contribution is 7.18. The molecule has 9 heteroatoms. The number of carbonyl (C=O) groups excluding carboxylic acids is 2. The molecular formula is C18H20N4O4S. The molecule has 0 bridgehead atoms. The smallest absolute Gasteiger partial charge is 0.245 e. The summed E-state index contributed by atoms with van der Waals surface area (Å²) in [5, 5.41) is 12.0. The fourth-order valence-corrected chi connectivity index (χ4v) is 3.57. The Morgan fingerprint density at radius 1 is 1.26 bits per heavy atom. The normalized spacial score (nSPS) is 15.1. The molecule has 142 valence electrons. The van der Waals surface area contributed by atoms with Crippen LogP contribution in [0.2, 0.25) is 0 Å². The number of carbonyl (C=O) groups is 2. The van der Waals surface area contributed by atoms with Crippen LogP contribution in [0.1, 0.15) is 26.7 Å². The third kappa shape index (κ3) is 3.87. The van der Waals surface area contributed by atoms with Crippen molar-refractivity contribution < 1.29 is 19.1 Å². The second-order valence-electron chi connectivity index (χ2n) is 6.86. The van der Waals surface area contributed by atoms with Crippen LogP contribution in [0.4, 0.5) is 5.13 Å². The molecule has 0 atom stereocenters. The van der Waals surface area contributed by atoms with Gasteiger partial charge in [-0.2, -0.15) is 0 Å². The van der Waals surface area contributed by atoms with Gasteiger partial charge in [0.15, 0.2) is 11.5 Å². The fourth-order valence-electron chi connectivity index (χ4n) is 2.81. The largest absolute Gasteiger partial charge is 0.454 e. The Kier molecular flexibility index (Phi) is 4.69. The van der Waals surface area contributed by atoms with Crippen molar-refractivity contribution in [3.05, 3.63) is 18.2 Å². The minimum atomic E-state index is -0.272. The van der Waals surface area contributed by atoms with E-state index in [0.29, 0.717) is 21.6 Å². The molecule has 8 nitrogen and oxygen atoms in total. The SMILES string of the molecule is CC(C)N(CC(=O)Nc1nnc(-c2ccc3c(c2)OCO3)s1)C(=O)C1CC1. The van der Waals surface area contributed by atoms with Gasteiger partial charge < -0.3 is 14.4 Å². The van der Waals surface area contributed by atoms with Crippen LogP contribution in [0.25, 0.3) is 10.6 Å². The number of amides is 2. The highest BCUT2D eigenvalue weighted by Gasteiger charge is 2.35. The Hall–Kier alpha value is -2.68. The van der Waals surface area contributed by atoms with Gasteiger partial charge in [-0.3, -0.25) is 14.9 Å². The molecule has 0 radical (unpaired) electrons. The molecule has 1 aromatic carbocycles. The number of anilines is 1. The summed E-state index contributed by atoms with van der Waals surface area (Å²) in [5.74, 6) is 1.23. The van der Waals surface area contributed by atoms with Gasteiger partial charge in [-0.1, -0.05) is 11.3 Å². The van der Waals surface area contributed by atoms with E-state index in [0.717, 1.165) is 18.4 Å². The number of ether oxygens (including phenoxy) is 2. The van der Waals surface area contributed by atoms with E-state index in [9.17, 15) is 9.59 Å². The molecule has 2 aliphatic rings. The predicted octanol–water partition coefficient (Wildman–Crippen LogP) is 2.52. The van der Waals surface area contributed by atoms with Gasteiger partial charge in [0.2, 0.25) is 23.7 Å². The van der Waals surface area contributed by atoms with Crippen LogP contribution in [0.15, 0.2) is 18.2 Å². The van der Waals surface area contributed by atoms with Crippen LogP contribution >= 0.6 is 11.3 Å². The topological polar surface area (TPSA) is 93.7 Å². The van der Waals surface area contributed by atoms with Crippen LogP contribution in [0.3, 0.4) is 0 Å². The van der Waals surface area contributed by atoms with Crippen molar-refractivity contribution in [2.24, 2.45) is 5.92 Å². The van der Waals surface area contributed by atoms with Gasteiger partial charge in [0.05, 0.1) is 0 Å². The number of hydrogen-bond donors (Lipinski definition) is 1. The standard InChI is InChI=1S/C18H20N4O4S/c1-10(2)22(17(24)11-3-4-11)8-15(23)19-18-21-20-16(27-18)12-5-6-13-14(7-12)26-9-25-13/h5-7,10-11H,3-4,8-9H2,1-2H3,(H,19,21,23). The minimum absolute atomic E-state index is 0.0198. The Morgan fingerprint density at radius 3 is 2.78 bits per heavy atom. The lowest BCUT2D eigenvalue weighted by atomic mass is 10.2. The van der Waals surface area contributed by atoms with E-state index >= 15 is 0 Å². The maximum absolute atomic E-state index is 12.4. The van der Waals surface area contributed by atoms with Crippen LogP contribution in [0, 0.1) is 5.92 Å². The second-order valence-corrected chi connectivity index (χ2v) is 7.84. The van der Waals surface area contributed by atoms with Crippen LogP contribution in [0.5, 0.6) is 11.5 Å². The van der Waals surface area contributed by atoms with E-state index in [1.54, 1.807) is 4.90 Å². The van der Waals surface area contributed by atoms with E-state index in [1.165, 1.54) is 11.3 Å². The van der Waals surface area contributed by atoms with Crippen molar-refractivity contribution in [2.45, 2.75) is 32.7 Å². The number of nitrogens with one attached hydrogen (secondary N) is 1. The summed E-state index contributed by atoms with van der Waals surface area (Å²) >= 11 is 1.27. The number of fused-ring (bicyclic) bond motifs is 1. The summed E-state index contributed by atoms with van der Waals surface area (Å²) in [7, 11) is 0. The molecule has 0 saturated heterocycles. The van der Waals surface area contributed by atoms with Crippen LogP contribution in [-0.4, -0.2) is 46.3 Å². The highest BCUT2D eigenvalue weighted by atomic mass is 32.1. The zero-order valence-corrected chi connectivity index (χ0v) is 15.9. The van der Waals surface area contributed by atoms with Gasteiger partial charge >= 0.3 is 0 Å². The lowest BCUT2D eigenvalue weighted by Gasteiger charge is -2.25. The predicted molar refractivity (Wildman–Crippen MR) is 99.7 cm³/mol. The first-order chi connectivity index (χ1) is 13.0.